The van der Waals surface area contributed by atoms with Gasteiger partial charge in [-0.25, -0.2) is 8.78 Å². The van der Waals surface area contributed by atoms with Gasteiger partial charge in [0.2, 0.25) is 5.78 Å². The standard InChI is InChI=1S/C11H3BrCl2F2OS/c12-4-1-6(15)9(7(16)2-4)10(17)5-3-8(13)18-11(5)14/h1-3H. The molecule has 1 aromatic carbocycles. The molecule has 0 aliphatic rings. The zero-order chi connectivity index (χ0) is 13.4. The number of hydrogen-bond donors (Lipinski definition) is 0. The molecule has 2 rings (SSSR count). The maximum Gasteiger partial charge on any atom is 0.201 e. The Bertz CT molecular complexity index is 619. The molecule has 0 saturated carbocycles. The molecule has 1 heterocycles. The van der Waals surface area contributed by atoms with Crippen LogP contribution in [0.5, 0.6) is 0 Å². The summed E-state index contributed by atoms with van der Waals surface area (Å²) in [6, 6.07) is 3.31. The SMILES string of the molecule is O=C(c1cc(Cl)sc1Cl)c1c(F)cc(Br)cc1F. The zero-order valence-electron chi connectivity index (χ0n) is 8.44. The Kier molecular flexibility index (Phi) is 4.06. The summed E-state index contributed by atoms with van der Waals surface area (Å²) in [5.74, 6) is -2.74. The largest absolute Gasteiger partial charge is 0.288 e. The summed E-state index contributed by atoms with van der Waals surface area (Å²) >= 11 is 15.4. The number of carbonyl (C=O) groups excluding carboxylic acids is 1. The molecule has 0 saturated heterocycles. The van der Waals surface area contributed by atoms with E-state index in [4.69, 9.17) is 23.2 Å². The van der Waals surface area contributed by atoms with E-state index in [9.17, 15) is 13.6 Å². The average Bonchev–Trinajstić information content (AvgIpc) is 2.56. The summed E-state index contributed by atoms with van der Waals surface area (Å²) in [7, 11) is 0. The van der Waals surface area contributed by atoms with Gasteiger partial charge < -0.3 is 0 Å². The maximum atomic E-state index is 13.6. The van der Waals surface area contributed by atoms with Gasteiger partial charge in [0, 0.05) is 4.47 Å². The lowest BCUT2D eigenvalue weighted by Crippen LogP contribution is -2.07. The second-order valence-electron chi connectivity index (χ2n) is 3.31. The number of ketones is 1. The van der Waals surface area contributed by atoms with Gasteiger partial charge in [0.1, 0.15) is 16.0 Å². The number of carbonyl (C=O) groups is 1. The number of hydrogen-bond acceptors (Lipinski definition) is 2. The number of halogens is 5. The van der Waals surface area contributed by atoms with Gasteiger partial charge in [0.25, 0.3) is 0 Å². The van der Waals surface area contributed by atoms with Crippen LogP contribution in [0, 0.1) is 11.6 Å². The minimum Gasteiger partial charge on any atom is -0.288 e. The third kappa shape index (κ3) is 2.59. The molecule has 1 aromatic heterocycles. The van der Waals surface area contributed by atoms with E-state index in [1.807, 2.05) is 0 Å². The van der Waals surface area contributed by atoms with Gasteiger partial charge in [-0.05, 0) is 18.2 Å². The van der Waals surface area contributed by atoms with E-state index in [0.717, 1.165) is 23.5 Å². The lowest BCUT2D eigenvalue weighted by molar-refractivity contribution is 0.103. The van der Waals surface area contributed by atoms with Crippen LogP contribution in [-0.4, -0.2) is 5.78 Å². The van der Waals surface area contributed by atoms with E-state index in [1.54, 1.807) is 0 Å². The fourth-order valence-electron chi connectivity index (χ4n) is 1.39. The van der Waals surface area contributed by atoms with Crippen LogP contribution in [0.4, 0.5) is 8.78 Å². The third-order valence-electron chi connectivity index (χ3n) is 2.14. The molecule has 0 aliphatic heterocycles. The van der Waals surface area contributed by atoms with Crippen molar-refractivity contribution in [2.45, 2.75) is 0 Å². The molecule has 7 heteroatoms. The Balaban J connectivity index is 2.56. The minimum atomic E-state index is -0.953. The summed E-state index contributed by atoms with van der Waals surface area (Å²) < 4.78 is 27.8. The van der Waals surface area contributed by atoms with Crippen LogP contribution in [0.1, 0.15) is 15.9 Å². The second-order valence-corrected chi connectivity index (χ2v) is 6.51. The lowest BCUT2D eigenvalue weighted by atomic mass is 10.1. The second kappa shape index (κ2) is 5.25. The number of benzene rings is 1. The summed E-state index contributed by atoms with van der Waals surface area (Å²) in [4.78, 5) is 12.0. The van der Waals surface area contributed by atoms with Crippen molar-refractivity contribution in [1.29, 1.82) is 0 Å². The van der Waals surface area contributed by atoms with Crippen molar-refractivity contribution in [3.05, 3.63) is 54.1 Å². The van der Waals surface area contributed by atoms with Crippen LogP contribution in [0.2, 0.25) is 8.67 Å². The Labute approximate surface area is 123 Å². The predicted octanol–water partition coefficient (Wildman–Crippen LogP) is 5.33. The van der Waals surface area contributed by atoms with E-state index < -0.39 is 23.0 Å². The minimum absolute atomic E-state index is 0.00760. The first-order chi connectivity index (χ1) is 8.40. The number of thiophene rings is 1. The van der Waals surface area contributed by atoms with Gasteiger partial charge in [0.05, 0.1) is 15.5 Å². The van der Waals surface area contributed by atoms with Crippen molar-refractivity contribution >= 4 is 56.3 Å². The van der Waals surface area contributed by atoms with Crippen molar-refractivity contribution in [3.63, 3.8) is 0 Å². The maximum absolute atomic E-state index is 13.6. The number of rotatable bonds is 2. The van der Waals surface area contributed by atoms with Crippen LogP contribution >= 0.6 is 50.5 Å². The fourth-order valence-corrected chi connectivity index (χ4v) is 3.25. The third-order valence-corrected chi connectivity index (χ3v) is 4.08. The van der Waals surface area contributed by atoms with Gasteiger partial charge in [0.15, 0.2) is 0 Å². The lowest BCUT2D eigenvalue weighted by Gasteiger charge is -2.04. The molecular formula is C11H3BrCl2F2OS. The first kappa shape index (κ1) is 13.9. The molecule has 0 atom stereocenters. The van der Waals surface area contributed by atoms with E-state index in [1.165, 1.54) is 6.07 Å². The molecule has 94 valence electrons. The Morgan fingerprint density at radius 1 is 1.17 bits per heavy atom. The van der Waals surface area contributed by atoms with Crippen LogP contribution in [0.15, 0.2) is 22.7 Å². The van der Waals surface area contributed by atoms with E-state index in [-0.39, 0.29) is 18.7 Å². The van der Waals surface area contributed by atoms with E-state index in [0.29, 0.717) is 0 Å². The van der Waals surface area contributed by atoms with Gasteiger partial charge in [-0.1, -0.05) is 39.1 Å². The highest BCUT2D eigenvalue weighted by molar-refractivity contribution is 9.10. The molecular weight excluding hydrogens is 369 g/mol. The van der Waals surface area contributed by atoms with Crippen molar-refractivity contribution in [2.24, 2.45) is 0 Å². The summed E-state index contributed by atoms with van der Waals surface area (Å²) in [6.07, 6.45) is 0. The first-order valence-electron chi connectivity index (χ1n) is 4.54. The molecule has 18 heavy (non-hydrogen) atoms. The van der Waals surface area contributed by atoms with Crippen molar-refractivity contribution < 1.29 is 13.6 Å². The smallest absolute Gasteiger partial charge is 0.201 e. The van der Waals surface area contributed by atoms with E-state index in [2.05, 4.69) is 15.9 Å². The highest BCUT2D eigenvalue weighted by Gasteiger charge is 2.23. The molecule has 2 aromatic rings. The van der Waals surface area contributed by atoms with Crippen molar-refractivity contribution in [3.8, 4) is 0 Å². The van der Waals surface area contributed by atoms with Gasteiger partial charge >= 0.3 is 0 Å². The normalized spacial score (nSPS) is 10.7. The highest BCUT2D eigenvalue weighted by Crippen LogP contribution is 2.33. The molecule has 0 N–H and O–H groups in total. The Hall–Kier alpha value is -0.490. The summed E-state index contributed by atoms with van der Waals surface area (Å²) in [6.45, 7) is 0. The first-order valence-corrected chi connectivity index (χ1v) is 6.90. The molecule has 0 fully saturated rings. The van der Waals surface area contributed by atoms with Gasteiger partial charge in [-0.3, -0.25) is 4.79 Å². The highest BCUT2D eigenvalue weighted by atomic mass is 79.9. The van der Waals surface area contributed by atoms with Crippen LogP contribution in [0.3, 0.4) is 0 Å². The molecule has 1 nitrogen and oxygen atoms in total. The fraction of sp³-hybridized carbons (Fsp3) is 0. The van der Waals surface area contributed by atoms with Crippen molar-refractivity contribution in [1.82, 2.24) is 0 Å². The Morgan fingerprint density at radius 2 is 1.72 bits per heavy atom. The molecule has 0 spiro atoms. The van der Waals surface area contributed by atoms with Crippen LogP contribution in [-0.2, 0) is 0 Å². The van der Waals surface area contributed by atoms with Crippen LogP contribution < -0.4 is 0 Å². The van der Waals surface area contributed by atoms with Crippen LogP contribution in [0.25, 0.3) is 0 Å². The van der Waals surface area contributed by atoms with Gasteiger partial charge in [-0.15, -0.1) is 11.3 Å². The van der Waals surface area contributed by atoms with Gasteiger partial charge in [-0.2, -0.15) is 0 Å². The van der Waals surface area contributed by atoms with Crippen molar-refractivity contribution in [2.75, 3.05) is 0 Å². The predicted molar refractivity (Wildman–Crippen MR) is 71.8 cm³/mol. The quantitative estimate of drug-likeness (QED) is 0.652. The monoisotopic (exact) mass is 370 g/mol. The zero-order valence-corrected chi connectivity index (χ0v) is 12.4. The molecule has 0 unspecified atom stereocenters. The summed E-state index contributed by atoms with van der Waals surface area (Å²) in [5, 5.41) is 0. The molecule has 0 aliphatic carbocycles. The molecule has 0 amide bonds. The van der Waals surface area contributed by atoms with E-state index >= 15 is 0 Å². The molecule has 0 bridgehead atoms. The Morgan fingerprint density at radius 3 is 2.17 bits per heavy atom. The summed E-state index contributed by atoms with van der Waals surface area (Å²) in [5.41, 5.74) is -0.652. The average molecular weight is 372 g/mol. The topological polar surface area (TPSA) is 17.1 Å². The molecule has 0 radical (unpaired) electrons.